The van der Waals surface area contributed by atoms with Gasteiger partial charge in [-0.25, -0.2) is 4.39 Å². The Balaban J connectivity index is 1.85. The molecule has 0 radical (unpaired) electrons. The van der Waals surface area contributed by atoms with Crippen LogP contribution >= 0.6 is 11.3 Å². The quantitative estimate of drug-likeness (QED) is 0.780. The fourth-order valence-electron chi connectivity index (χ4n) is 1.67. The lowest BCUT2D eigenvalue weighted by molar-refractivity contribution is 0.175. The molecule has 0 saturated carbocycles. The molecule has 3 N–H and O–H groups in total. The van der Waals surface area contributed by atoms with Gasteiger partial charge in [-0.15, -0.1) is 0 Å². The van der Waals surface area contributed by atoms with Crippen molar-refractivity contribution in [3.63, 3.8) is 0 Å². The summed E-state index contributed by atoms with van der Waals surface area (Å²) in [6.07, 6.45) is -0.571. The predicted molar refractivity (Wildman–Crippen MR) is 69.1 cm³/mol. The molecular formula is C13H14FNO2S. The van der Waals surface area contributed by atoms with Crippen LogP contribution in [0.3, 0.4) is 0 Å². The standard InChI is InChI=1S/C13H14FNO2S/c14-11-3-9(4-12(16)5-11)6-15-7-13(17)10-1-2-18-8-10/h1-5,8,13,15-17H,6-7H2. The third-order valence-corrected chi connectivity index (χ3v) is 3.24. The van der Waals surface area contributed by atoms with Crippen LogP contribution in [-0.2, 0) is 6.54 Å². The molecule has 0 aliphatic carbocycles. The highest BCUT2D eigenvalue weighted by Gasteiger charge is 2.07. The summed E-state index contributed by atoms with van der Waals surface area (Å²) < 4.78 is 13.0. The van der Waals surface area contributed by atoms with E-state index >= 15 is 0 Å². The van der Waals surface area contributed by atoms with Crippen LogP contribution in [-0.4, -0.2) is 16.8 Å². The summed E-state index contributed by atoms with van der Waals surface area (Å²) in [5, 5.41) is 25.9. The lowest BCUT2D eigenvalue weighted by atomic mass is 10.2. The molecule has 18 heavy (non-hydrogen) atoms. The largest absolute Gasteiger partial charge is 0.508 e. The van der Waals surface area contributed by atoms with E-state index in [9.17, 15) is 14.6 Å². The number of aliphatic hydroxyl groups excluding tert-OH is 1. The number of aromatic hydroxyl groups is 1. The monoisotopic (exact) mass is 267 g/mol. The van der Waals surface area contributed by atoms with E-state index in [-0.39, 0.29) is 5.75 Å². The second-order valence-electron chi connectivity index (χ2n) is 4.02. The zero-order valence-electron chi connectivity index (χ0n) is 9.64. The summed E-state index contributed by atoms with van der Waals surface area (Å²) in [6.45, 7) is 0.778. The highest BCUT2D eigenvalue weighted by molar-refractivity contribution is 7.07. The van der Waals surface area contributed by atoms with Crippen molar-refractivity contribution in [3.05, 3.63) is 52.0 Å². The van der Waals surface area contributed by atoms with E-state index < -0.39 is 11.9 Å². The summed E-state index contributed by atoms with van der Waals surface area (Å²) in [5.74, 6) is -0.560. The fraction of sp³-hybridized carbons (Fsp3) is 0.231. The number of rotatable bonds is 5. The van der Waals surface area contributed by atoms with Crippen molar-refractivity contribution in [2.45, 2.75) is 12.6 Å². The number of benzene rings is 1. The summed E-state index contributed by atoms with van der Waals surface area (Å²) in [7, 11) is 0. The Labute approximate surface area is 109 Å². The van der Waals surface area contributed by atoms with E-state index in [1.54, 1.807) is 0 Å². The zero-order valence-corrected chi connectivity index (χ0v) is 10.5. The van der Waals surface area contributed by atoms with Gasteiger partial charge in [0, 0.05) is 19.2 Å². The van der Waals surface area contributed by atoms with Gasteiger partial charge >= 0.3 is 0 Å². The Morgan fingerprint density at radius 2 is 2.17 bits per heavy atom. The highest BCUT2D eigenvalue weighted by atomic mass is 32.1. The first-order valence-electron chi connectivity index (χ1n) is 5.54. The number of aliphatic hydroxyl groups is 1. The van der Waals surface area contributed by atoms with Gasteiger partial charge in [0.1, 0.15) is 11.6 Å². The Kier molecular flexibility index (Phi) is 4.30. The van der Waals surface area contributed by atoms with Crippen LogP contribution < -0.4 is 5.32 Å². The summed E-state index contributed by atoms with van der Waals surface area (Å²) in [5.41, 5.74) is 1.51. The molecular weight excluding hydrogens is 253 g/mol. The Bertz CT molecular complexity index is 481. The number of halogens is 1. The second kappa shape index (κ2) is 5.95. The number of phenols is 1. The van der Waals surface area contributed by atoms with Crippen LogP contribution in [0.4, 0.5) is 4.39 Å². The first kappa shape index (κ1) is 13.0. The van der Waals surface area contributed by atoms with Gasteiger partial charge in [-0.2, -0.15) is 11.3 Å². The molecule has 1 heterocycles. The van der Waals surface area contributed by atoms with Gasteiger partial charge in [0.2, 0.25) is 0 Å². The average molecular weight is 267 g/mol. The molecule has 1 atom stereocenters. The lowest BCUT2D eigenvalue weighted by Gasteiger charge is -2.10. The topological polar surface area (TPSA) is 52.5 Å². The SMILES string of the molecule is Oc1cc(F)cc(CNCC(O)c2ccsc2)c1. The van der Waals surface area contributed by atoms with Crippen molar-refractivity contribution in [2.75, 3.05) is 6.54 Å². The van der Waals surface area contributed by atoms with Gasteiger partial charge in [0.15, 0.2) is 0 Å². The van der Waals surface area contributed by atoms with E-state index in [0.29, 0.717) is 18.7 Å². The normalized spacial score (nSPS) is 12.6. The summed E-state index contributed by atoms with van der Waals surface area (Å²) >= 11 is 1.53. The van der Waals surface area contributed by atoms with Gasteiger partial charge in [-0.3, -0.25) is 0 Å². The third-order valence-electron chi connectivity index (χ3n) is 2.54. The van der Waals surface area contributed by atoms with Crippen LogP contribution in [0.5, 0.6) is 5.75 Å². The molecule has 0 amide bonds. The average Bonchev–Trinajstić information content (AvgIpc) is 2.80. The molecule has 2 rings (SSSR count). The maximum Gasteiger partial charge on any atom is 0.127 e. The summed E-state index contributed by atoms with van der Waals surface area (Å²) in [6, 6.07) is 5.77. The van der Waals surface area contributed by atoms with E-state index in [0.717, 1.165) is 11.6 Å². The van der Waals surface area contributed by atoms with Gasteiger partial charge in [-0.1, -0.05) is 0 Å². The summed E-state index contributed by atoms with van der Waals surface area (Å²) in [4.78, 5) is 0. The number of thiophene rings is 1. The minimum atomic E-state index is -0.571. The number of nitrogens with one attached hydrogen (secondary N) is 1. The maximum atomic E-state index is 13.0. The lowest BCUT2D eigenvalue weighted by Crippen LogP contribution is -2.20. The number of hydrogen-bond donors (Lipinski definition) is 3. The van der Waals surface area contributed by atoms with E-state index in [2.05, 4.69) is 5.32 Å². The number of hydrogen-bond acceptors (Lipinski definition) is 4. The highest BCUT2D eigenvalue weighted by Crippen LogP contribution is 2.16. The molecule has 1 aromatic carbocycles. The van der Waals surface area contributed by atoms with Crippen molar-refractivity contribution >= 4 is 11.3 Å². The predicted octanol–water partition coefficient (Wildman–Crippen LogP) is 2.42. The second-order valence-corrected chi connectivity index (χ2v) is 4.80. The van der Waals surface area contributed by atoms with E-state index in [1.165, 1.54) is 23.5 Å². The Morgan fingerprint density at radius 1 is 1.33 bits per heavy atom. The molecule has 0 fully saturated rings. The smallest absolute Gasteiger partial charge is 0.127 e. The van der Waals surface area contributed by atoms with Crippen LogP contribution in [0, 0.1) is 5.82 Å². The molecule has 0 spiro atoms. The van der Waals surface area contributed by atoms with Crippen molar-refractivity contribution in [1.29, 1.82) is 0 Å². The molecule has 1 unspecified atom stereocenters. The maximum absolute atomic E-state index is 13.0. The molecule has 2 aromatic rings. The molecule has 96 valence electrons. The zero-order chi connectivity index (χ0) is 13.0. The number of phenolic OH excluding ortho intramolecular Hbond substituents is 1. The van der Waals surface area contributed by atoms with Gasteiger partial charge in [-0.05, 0) is 40.1 Å². The van der Waals surface area contributed by atoms with Gasteiger partial charge < -0.3 is 15.5 Å². The molecule has 0 aliphatic rings. The molecule has 5 heteroatoms. The fourth-order valence-corrected chi connectivity index (χ4v) is 2.38. The molecule has 0 bridgehead atoms. The van der Waals surface area contributed by atoms with Gasteiger partial charge in [0.25, 0.3) is 0 Å². The van der Waals surface area contributed by atoms with E-state index in [1.807, 2.05) is 16.8 Å². The molecule has 0 aliphatic heterocycles. The first-order valence-corrected chi connectivity index (χ1v) is 6.49. The molecule has 0 saturated heterocycles. The molecule has 1 aromatic heterocycles. The third kappa shape index (κ3) is 3.53. The van der Waals surface area contributed by atoms with Crippen molar-refractivity contribution in [1.82, 2.24) is 5.32 Å². The minimum absolute atomic E-state index is 0.0924. The van der Waals surface area contributed by atoms with Crippen molar-refractivity contribution < 1.29 is 14.6 Å². The first-order chi connectivity index (χ1) is 8.65. The Hall–Kier alpha value is -1.43. The van der Waals surface area contributed by atoms with Crippen LogP contribution in [0.1, 0.15) is 17.2 Å². The van der Waals surface area contributed by atoms with Crippen LogP contribution in [0.2, 0.25) is 0 Å². The van der Waals surface area contributed by atoms with Crippen molar-refractivity contribution in [3.8, 4) is 5.75 Å². The molecule has 3 nitrogen and oxygen atoms in total. The van der Waals surface area contributed by atoms with E-state index in [4.69, 9.17) is 0 Å². The van der Waals surface area contributed by atoms with Crippen LogP contribution in [0.15, 0.2) is 35.0 Å². The van der Waals surface area contributed by atoms with Crippen molar-refractivity contribution in [2.24, 2.45) is 0 Å². The van der Waals surface area contributed by atoms with Crippen LogP contribution in [0.25, 0.3) is 0 Å². The van der Waals surface area contributed by atoms with Gasteiger partial charge in [0.05, 0.1) is 6.10 Å². The Morgan fingerprint density at radius 3 is 2.83 bits per heavy atom. The minimum Gasteiger partial charge on any atom is -0.508 e.